The molecule has 0 aromatic heterocycles. The Bertz CT molecular complexity index is 601. The van der Waals surface area contributed by atoms with E-state index in [9.17, 15) is 14.1 Å². The van der Waals surface area contributed by atoms with Gasteiger partial charge in [-0.15, -0.1) is 0 Å². The highest BCUT2D eigenvalue weighted by molar-refractivity contribution is 7.91. The van der Waals surface area contributed by atoms with E-state index in [1.807, 2.05) is 0 Å². The van der Waals surface area contributed by atoms with Gasteiger partial charge in [-0.2, -0.15) is 4.90 Å². The number of benzene rings is 1. The van der Waals surface area contributed by atoms with Gasteiger partial charge in [0.25, 0.3) is 0 Å². The minimum Gasteiger partial charge on any atom is -0.591 e. The number of hydrogen-bond donors (Lipinski definition) is 2. The van der Waals surface area contributed by atoms with Gasteiger partial charge in [-0.3, -0.25) is 0 Å². The minimum atomic E-state index is -1.64. The van der Waals surface area contributed by atoms with E-state index in [0.29, 0.717) is 0 Å². The third-order valence-electron chi connectivity index (χ3n) is 2.43. The van der Waals surface area contributed by atoms with Crippen LogP contribution in [0.1, 0.15) is 26.3 Å². The van der Waals surface area contributed by atoms with Crippen LogP contribution in [-0.4, -0.2) is 37.9 Å². The molecule has 0 radical (unpaired) electrons. The molecule has 1 atom stereocenters. The van der Waals surface area contributed by atoms with Crippen LogP contribution in [0.15, 0.2) is 22.6 Å². The molecule has 0 spiro atoms. The molecule has 2 N–H and O–H groups in total. The van der Waals surface area contributed by atoms with Gasteiger partial charge in [0.05, 0.1) is 11.9 Å². The molecule has 1 aromatic carbocycles. The van der Waals surface area contributed by atoms with Crippen molar-refractivity contribution in [3.63, 3.8) is 0 Å². The van der Waals surface area contributed by atoms with Gasteiger partial charge < -0.3 is 14.8 Å². The zero-order valence-electron chi connectivity index (χ0n) is 12.1. The molecule has 0 aliphatic rings. The summed E-state index contributed by atoms with van der Waals surface area (Å²) in [4.78, 5) is 22.1. The maximum absolute atomic E-state index is 11.9. The molecule has 0 saturated carbocycles. The Morgan fingerprint density at radius 2 is 1.86 bits per heavy atom. The maximum atomic E-state index is 11.9. The topological polar surface area (TPSA) is 113 Å². The standard InChI is InChI=1S/C13H15ClN2O5S/c1-13(2,3)22(21)15-7-8-6-9(4-5-10(8)14)16(11(17)18)12(19)20/h4-7H,1-3H3,(H,17,18)(H,19,20)/b15-7-/t22-/m0/s1. The second-order valence-electron chi connectivity index (χ2n) is 5.20. The SMILES string of the molecule is CC(C)(C)[S@+]([O-])/N=C\c1cc(N(C(=O)O)C(=O)O)ccc1Cl. The molecule has 0 aliphatic heterocycles. The molecule has 120 valence electrons. The number of imide groups is 1. The summed E-state index contributed by atoms with van der Waals surface area (Å²) in [5, 5.41) is 18.1. The van der Waals surface area contributed by atoms with Crippen molar-refractivity contribution in [1.29, 1.82) is 0 Å². The van der Waals surface area contributed by atoms with E-state index >= 15 is 0 Å². The molecule has 0 saturated heterocycles. The van der Waals surface area contributed by atoms with E-state index in [1.165, 1.54) is 24.4 Å². The molecule has 0 aliphatic carbocycles. The lowest BCUT2D eigenvalue weighted by atomic mass is 10.2. The first-order valence-electron chi connectivity index (χ1n) is 6.05. The molecule has 9 heteroatoms. The Kier molecular flexibility index (Phi) is 5.81. The Balaban J connectivity index is 3.18. The van der Waals surface area contributed by atoms with Gasteiger partial charge in [0.15, 0.2) is 0 Å². The highest BCUT2D eigenvalue weighted by Gasteiger charge is 2.26. The molecule has 1 rings (SSSR count). The monoisotopic (exact) mass is 346 g/mol. The number of amides is 2. The van der Waals surface area contributed by atoms with Crippen molar-refractivity contribution in [3.05, 3.63) is 28.8 Å². The summed E-state index contributed by atoms with van der Waals surface area (Å²) in [5.74, 6) is 0. The second kappa shape index (κ2) is 6.99. The van der Waals surface area contributed by atoms with E-state index in [4.69, 9.17) is 21.8 Å². The zero-order valence-corrected chi connectivity index (χ0v) is 13.7. The Hall–Kier alpha value is -1.77. The highest BCUT2D eigenvalue weighted by Crippen LogP contribution is 2.24. The number of halogens is 1. The van der Waals surface area contributed by atoms with Crippen LogP contribution in [0.4, 0.5) is 15.3 Å². The Morgan fingerprint density at radius 3 is 2.32 bits per heavy atom. The van der Waals surface area contributed by atoms with Crippen LogP contribution < -0.4 is 4.90 Å². The van der Waals surface area contributed by atoms with Crippen LogP contribution in [0.5, 0.6) is 0 Å². The predicted octanol–water partition coefficient (Wildman–Crippen LogP) is 3.38. The quantitative estimate of drug-likeness (QED) is 0.643. The fraction of sp³-hybridized carbons (Fsp3) is 0.308. The van der Waals surface area contributed by atoms with Crippen LogP contribution >= 0.6 is 11.6 Å². The predicted molar refractivity (Wildman–Crippen MR) is 85.5 cm³/mol. The van der Waals surface area contributed by atoms with Crippen molar-refractivity contribution < 1.29 is 24.4 Å². The van der Waals surface area contributed by atoms with Crippen molar-refractivity contribution in [2.75, 3.05) is 4.90 Å². The van der Waals surface area contributed by atoms with Crippen molar-refractivity contribution in [3.8, 4) is 0 Å². The van der Waals surface area contributed by atoms with E-state index in [1.54, 1.807) is 20.8 Å². The molecule has 1 aromatic rings. The van der Waals surface area contributed by atoms with Crippen molar-refractivity contribution in [1.82, 2.24) is 0 Å². The Morgan fingerprint density at radius 1 is 1.32 bits per heavy atom. The Labute approximate surface area is 135 Å². The van der Waals surface area contributed by atoms with Crippen molar-refractivity contribution in [2.24, 2.45) is 4.40 Å². The van der Waals surface area contributed by atoms with Crippen LogP contribution in [0, 0.1) is 0 Å². The number of anilines is 1. The smallest absolute Gasteiger partial charge is 0.421 e. The molecule has 2 amide bonds. The second-order valence-corrected chi connectivity index (χ2v) is 7.54. The lowest BCUT2D eigenvalue weighted by Gasteiger charge is -2.18. The average molecular weight is 347 g/mol. The van der Waals surface area contributed by atoms with Gasteiger partial charge in [0.2, 0.25) is 0 Å². The lowest BCUT2D eigenvalue weighted by Crippen LogP contribution is -2.34. The third-order valence-corrected chi connectivity index (χ3v) is 4.12. The fourth-order valence-electron chi connectivity index (χ4n) is 1.33. The molecule has 0 heterocycles. The molecule has 22 heavy (non-hydrogen) atoms. The largest absolute Gasteiger partial charge is 0.591 e. The number of carbonyl (C=O) groups is 2. The van der Waals surface area contributed by atoms with Gasteiger partial charge >= 0.3 is 12.2 Å². The van der Waals surface area contributed by atoms with Crippen LogP contribution in [0.2, 0.25) is 5.02 Å². The van der Waals surface area contributed by atoms with Gasteiger partial charge in [-0.05, 0) is 39.0 Å². The number of hydrogen-bond acceptors (Lipinski definition) is 4. The minimum absolute atomic E-state index is 0.104. The third kappa shape index (κ3) is 4.62. The summed E-state index contributed by atoms with van der Waals surface area (Å²) < 4.78 is 15.2. The summed E-state index contributed by atoms with van der Waals surface area (Å²) >= 11 is 4.44. The molecule has 0 fully saturated rings. The summed E-state index contributed by atoms with van der Waals surface area (Å²) in [5.41, 5.74) is 0.164. The molecular weight excluding hydrogens is 332 g/mol. The fourth-order valence-corrected chi connectivity index (χ4v) is 2.03. The summed E-state index contributed by atoms with van der Waals surface area (Å²) in [6.07, 6.45) is -2.05. The first kappa shape index (κ1) is 18.3. The van der Waals surface area contributed by atoms with Gasteiger partial charge in [-0.25, -0.2) is 9.59 Å². The van der Waals surface area contributed by atoms with Crippen LogP contribution in [0.3, 0.4) is 0 Å². The highest BCUT2D eigenvalue weighted by atomic mass is 35.5. The first-order chi connectivity index (χ1) is 10.0. The molecule has 0 unspecified atom stereocenters. The normalized spacial score (nSPS) is 13.1. The van der Waals surface area contributed by atoms with E-state index < -0.39 is 28.3 Å². The summed E-state index contributed by atoms with van der Waals surface area (Å²) in [6.45, 7) is 5.24. The lowest BCUT2D eigenvalue weighted by molar-refractivity contribution is 0.184. The van der Waals surface area contributed by atoms with Gasteiger partial charge in [0.1, 0.15) is 16.1 Å². The van der Waals surface area contributed by atoms with Gasteiger partial charge in [0, 0.05) is 10.6 Å². The van der Waals surface area contributed by atoms with Crippen molar-refractivity contribution >= 4 is 47.1 Å². The van der Waals surface area contributed by atoms with Crippen LogP contribution in [0.25, 0.3) is 0 Å². The van der Waals surface area contributed by atoms with Crippen LogP contribution in [-0.2, 0) is 11.4 Å². The van der Waals surface area contributed by atoms with Gasteiger partial charge in [-0.1, -0.05) is 16.0 Å². The molecule has 7 nitrogen and oxygen atoms in total. The van der Waals surface area contributed by atoms with Crippen molar-refractivity contribution in [2.45, 2.75) is 25.5 Å². The molecule has 0 bridgehead atoms. The summed E-state index contributed by atoms with van der Waals surface area (Å²) in [6, 6.07) is 3.84. The number of nitrogens with zero attached hydrogens (tertiary/aromatic N) is 2. The zero-order chi connectivity index (χ0) is 17.1. The van der Waals surface area contributed by atoms with E-state index in [-0.39, 0.29) is 21.2 Å². The van der Waals surface area contributed by atoms with E-state index in [0.717, 1.165) is 0 Å². The maximum Gasteiger partial charge on any atom is 0.421 e. The van der Waals surface area contributed by atoms with E-state index in [2.05, 4.69) is 4.40 Å². The number of carboxylic acid groups (broad SMARTS) is 2. The average Bonchev–Trinajstić information content (AvgIpc) is 2.36. The summed E-state index contributed by atoms with van der Waals surface area (Å²) in [7, 11) is 0. The first-order valence-corrected chi connectivity index (χ1v) is 7.54. The molecular formula is C13H15ClN2O5S. The number of rotatable bonds is 3.